The van der Waals surface area contributed by atoms with Crippen LogP contribution in [-0.2, 0) is 16.5 Å². The van der Waals surface area contributed by atoms with Gasteiger partial charge in [0.05, 0.1) is 22.8 Å². The molecule has 0 unspecified atom stereocenters. The Balaban J connectivity index is 0.000000902. The molecular weight excluding hydrogens is 520 g/mol. The van der Waals surface area contributed by atoms with E-state index in [2.05, 4.69) is 15.0 Å². The first kappa shape index (κ1) is 21.6. The second kappa shape index (κ2) is 12.1. The van der Waals surface area contributed by atoms with Gasteiger partial charge < -0.3 is 11.0 Å². The second-order valence-corrected chi connectivity index (χ2v) is 7.17. The number of hydrogen-bond acceptors (Lipinski definition) is 3. The van der Waals surface area contributed by atoms with Crippen LogP contribution in [0, 0.1) is 0 Å². The quantitative estimate of drug-likeness (QED) is 0.505. The fourth-order valence-corrected chi connectivity index (χ4v) is 1.75. The average molecular weight is 535 g/mol. The SMILES string of the molecule is O.O.[Cl][Pt][Cl].c1ccc(-c2cccc(-c3ccccn3)n2)nc1. The van der Waals surface area contributed by atoms with Gasteiger partial charge in [-0.1, -0.05) is 18.2 Å². The van der Waals surface area contributed by atoms with Crippen molar-refractivity contribution in [3.8, 4) is 22.8 Å². The molecule has 0 bridgehead atoms. The Morgan fingerprint density at radius 1 is 0.609 bits per heavy atom. The van der Waals surface area contributed by atoms with Crippen molar-refractivity contribution in [3.05, 3.63) is 67.0 Å². The van der Waals surface area contributed by atoms with E-state index in [-0.39, 0.29) is 11.0 Å². The molecule has 0 saturated heterocycles. The maximum Gasteiger partial charge on any atom is 0.0894 e. The monoisotopic (exact) mass is 534 g/mol. The predicted octanol–water partition coefficient (Wildman–Crippen LogP) is 2.93. The molecule has 0 aliphatic rings. The number of pyridine rings is 3. The van der Waals surface area contributed by atoms with Crippen LogP contribution in [0.25, 0.3) is 22.8 Å². The summed E-state index contributed by atoms with van der Waals surface area (Å²) in [5.41, 5.74) is 3.46. The van der Waals surface area contributed by atoms with Crippen molar-refractivity contribution in [1.82, 2.24) is 15.0 Å². The minimum Gasteiger partial charge on any atom is -0.255 e. The third kappa shape index (κ3) is 6.73. The number of aromatic nitrogens is 3. The summed E-state index contributed by atoms with van der Waals surface area (Å²) in [4.78, 5) is 13.2. The zero-order chi connectivity index (χ0) is 14.9. The Morgan fingerprint density at radius 3 is 1.35 bits per heavy atom. The maximum atomic E-state index is 4.88. The van der Waals surface area contributed by atoms with E-state index in [0.717, 1.165) is 22.8 Å². The molecule has 3 rings (SSSR count). The molecule has 0 aliphatic carbocycles. The summed E-state index contributed by atoms with van der Waals surface area (Å²) >= 11 is -0.472. The largest absolute Gasteiger partial charge is 0.255 e. The van der Waals surface area contributed by atoms with Crippen LogP contribution in [0.1, 0.15) is 0 Å². The molecule has 3 heterocycles. The van der Waals surface area contributed by atoms with Crippen molar-refractivity contribution in [2.75, 3.05) is 0 Å². The van der Waals surface area contributed by atoms with Crippen molar-refractivity contribution in [1.29, 1.82) is 0 Å². The fourth-order valence-electron chi connectivity index (χ4n) is 1.75. The number of halogens is 2. The van der Waals surface area contributed by atoms with E-state index < -0.39 is 16.5 Å². The van der Waals surface area contributed by atoms with Gasteiger partial charge in [-0.05, 0) is 36.4 Å². The Labute approximate surface area is 150 Å². The van der Waals surface area contributed by atoms with Gasteiger partial charge in [0, 0.05) is 12.4 Å². The van der Waals surface area contributed by atoms with E-state index in [4.69, 9.17) is 18.8 Å². The van der Waals surface area contributed by atoms with Crippen LogP contribution in [0.3, 0.4) is 0 Å². The van der Waals surface area contributed by atoms with E-state index in [1.54, 1.807) is 12.4 Å². The molecule has 4 N–H and O–H groups in total. The molecule has 0 amide bonds. The first-order chi connectivity index (χ1) is 10.3. The molecule has 0 spiro atoms. The minimum atomic E-state index is -0.472. The molecule has 126 valence electrons. The average Bonchev–Trinajstić information content (AvgIpc) is 2.57. The fraction of sp³-hybridized carbons (Fsp3) is 0. The van der Waals surface area contributed by atoms with Crippen molar-refractivity contribution < 1.29 is 27.4 Å². The Morgan fingerprint density at radius 2 is 1.00 bits per heavy atom. The topological polar surface area (TPSA) is 102 Å². The summed E-state index contributed by atoms with van der Waals surface area (Å²) in [7, 11) is 9.75. The van der Waals surface area contributed by atoms with Gasteiger partial charge in [-0.25, -0.2) is 4.98 Å². The van der Waals surface area contributed by atoms with Crippen molar-refractivity contribution >= 4 is 18.8 Å². The Hall–Kier alpha value is -1.36. The summed E-state index contributed by atoms with van der Waals surface area (Å²) in [6.45, 7) is 0. The zero-order valence-electron chi connectivity index (χ0n) is 11.8. The van der Waals surface area contributed by atoms with E-state index in [9.17, 15) is 0 Å². The van der Waals surface area contributed by atoms with Crippen molar-refractivity contribution in [3.63, 3.8) is 0 Å². The van der Waals surface area contributed by atoms with E-state index in [1.807, 2.05) is 54.6 Å². The standard InChI is InChI=1S/C15H11N3.2ClH.2H2O.Pt/c1-3-10-16-12(6-1)14-8-5-9-15(18-14)13-7-2-4-11-17-13;;;;;/h1-11H;2*1H;2*1H2;/q;;;;;+2/p-2. The number of nitrogens with zero attached hydrogens (tertiary/aromatic N) is 3. The number of rotatable bonds is 2. The summed E-state index contributed by atoms with van der Waals surface area (Å²) in [5, 5.41) is 0. The minimum absolute atomic E-state index is 0. The smallest absolute Gasteiger partial charge is 0.0894 e. The third-order valence-corrected chi connectivity index (χ3v) is 2.60. The van der Waals surface area contributed by atoms with Gasteiger partial charge in [0.25, 0.3) is 0 Å². The summed E-state index contributed by atoms with van der Waals surface area (Å²) in [6, 6.07) is 17.5. The van der Waals surface area contributed by atoms with Crippen LogP contribution < -0.4 is 0 Å². The molecule has 3 aromatic rings. The first-order valence-electron chi connectivity index (χ1n) is 5.97. The van der Waals surface area contributed by atoms with Gasteiger partial charge in [-0.2, -0.15) is 0 Å². The van der Waals surface area contributed by atoms with Crippen LogP contribution in [0.4, 0.5) is 0 Å². The van der Waals surface area contributed by atoms with Gasteiger partial charge in [-0.15, -0.1) is 0 Å². The Bertz CT molecular complexity index is 621. The van der Waals surface area contributed by atoms with Gasteiger partial charge in [0.1, 0.15) is 0 Å². The van der Waals surface area contributed by atoms with E-state index >= 15 is 0 Å². The predicted molar refractivity (Wildman–Crippen MR) is 89.6 cm³/mol. The number of hydrogen-bond donors (Lipinski definition) is 0. The zero-order valence-corrected chi connectivity index (χ0v) is 15.5. The second-order valence-electron chi connectivity index (χ2n) is 3.88. The summed E-state index contributed by atoms with van der Waals surface area (Å²) < 4.78 is 0. The molecule has 5 nitrogen and oxygen atoms in total. The van der Waals surface area contributed by atoms with Crippen LogP contribution in [0.2, 0.25) is 0 Å². The van der Waals surface area contributed by atoms with Gasteiger partial charge >= 0.3 is 35.3 Å². The normalized spacial score (nSPS) is 8.96. The van der Waals surface area contributed by atoms with Gasteiger partial charge in [0.15, 0.2) is 0 Å². The Kier molecular flexibility index (Phi) is 11.4. The molecule has 0 radical (unpaired) electrons. The molecule has 0 saturated carbocycles. The molecule has 0 atom stereocenters. The van der Waals surface area contributed by atoms with Crippen molar-refractivity contribution in [2.24, 2.45) is 0 Å². The molecule has 0 aliphatic heterocycles. The van der Waals surface area contributed by atoms with Gasteiger partial charge in [0.2, 0.25) is 0 Å². The van der Waals surface area contributed by atoms with Crippen LogP contribution in [-0.4, -0.2) is 25.9 Å². The molecule has 8 heteroatoms. The van der Waals surface area contributed by atoms with Crippen LogP contribution in [0.5, 0.6) is 0 Å². The van der Waals surface area contributed by atoms with E-state index in [1.165, 1.54) is 0 Å². The van der Waals surface area contributed by atoms with Crippen molar-refractivity contribution in [2.45, 2.75) is 0 Å². The molecule has 3 aromatic heterocycles. The maximum absolute atomic E-state index is 4.88. The first-order valence-corrected chi connectivity index (χ1v) is 11.6. The molecule has 0 fully saturated rings. The molecule has 23 heavy (non-hydrogen) atoms. The summed E-state index contributed by atoms with van der Waals surface area (Å²) in [5.74, 6) is 0. The van der Waals surface area contributed by atoms with Crippen LogP contribution in [0.15, 0.2) is 67.0 Å². The molecular formula is C15H15Cl2N3O2Pt. The molecule has 0 aromatic carbocycles. The van der Waals surface area contributed by atoms with Gasteiger partial charge in [-0.3, -0.25) is 9.97 Å². The summed E-state index contributed by atoms with van der Waals surface area (Å²) in [6.07, 6.45) is 3.54. The van der Waals surface area contributed by atoms with Crippen LogP contribution >= 0.6 is 18.8 Å². The third-order valence-electron chi connectivity index (χ3n) is 2.60. The van der Waals surface area contributed by atoms with E-state index in [0.29, 0.717) is 0 Å².